The minimum Gasteiger partial charge on any atom is -0.343 e. The second-order valence-electron chi connectivity index (χ2n) is 3.12. The van der Waals surface area contributed by atoms with Gasteiger partial charge in [0.05, 0.1) is 0 Å². The molecular weight excluding hydrogens is 267 g/mol. The van der Waals surface area contributed by atoms with Crippen molar-refractivity contribution >= 4 is 28.5 Å². The Kier molecular flexibility index (Phi) is 4.28. The molecule has 0 aromatic carbocycles. The molecule has 0 unspecified atom stereocenters. The number of likely N-dealkylation sites (tertiary alicyclic amines) is 1. The topological polar surface area (TPSA) is 32.3 Å². The van der Waals surface area contributed by atoms with Gasteiger partial charge in [0, 0.05) is 30.6 Å². The lowest BCUT2D eigenvalue weighted by Crippen LogP contribution is -2.43. The maximum absolute atomic E-state index is 11.0. The van der Waals surface area contributed by atoms with Crippen LogP contribution in [0.5, 0.6) is 0 Å². The zero-order valence-corrected chi connectivity index (χ0v) is 9.50. The number of hydrogen-bond donors (Lipinski definition) is 1. The third-order valence-corrected chi connectivity index (χ3v) is 2.75. The Labute approximate surface area is 87.0 Å². The lowest BCUT2D eigenvalue weighted by Gasteiger charge is -2.31. The lowest BCUT2D eigenvalue weighted by atomic mass is 10.1. The van der Waals surface area contributed by atoms with Crippen molar-refractivity contribution in [1.82, 2.24) is 10.2 Å². The van der Waals surface area contributed by atoms with E-state index in [2.05, 4.69) is 27.9 Å². The van der Waals surface area contributed by atoms with Gasteiger partial charge in [-0.25, -0.2) is 0 Å². The van der Waals surface area contributed by atoms with Gasteiger partial charge in [0.25, 0.3) is 0 Å². The molecule has 0 bridgehead atoms. The fourth-order valence-electron chi connectivity index (χ4n) is 1.51. The van der Waals surface area contributed by atoms with Crippen molar-refractivity contribution in [2.24, 2.45) is 0 Å². The molecule has 0 aliphatic carbocycles. The first kappa shape index (κ1) is 10.2. The van der Waals surface area contributed by atoms with Crippen LogP contribution in [0.3, 0.4) is 0 Å². The molecule has 0 radical (unpaired) electrons. The molecule has 0 spiro atoms. The molecule has 4 heteroatoms. The zero-order valence-electron chi connectivity index (χ0n) is 7.35. The number of rotatable bonds is 2. The number of hydrogen-bond acceptors (Lipinski definition) is 2. The number of amides is 1. The molecule has 1 aliphatic heterocycles. The van der Waals surface area contributed by atoms with Crippen LogP contribution in [-0.4, -0.2) is 34.5 Å². The van der Waals surface area contributed by atoms with Crippen molar-refractivity contribution in [2.45, 2.75) is 25.8 Å². The van der Waals surface area contributed by atoms with Gasteiger partial charge in [-0.2, -0.15) is 0 Å². The first-order chi connectivity index (χ1) is 5.74. The highest BCUT2D eigenvalue weighted by Gasteiger charge is 2.19. The average molecular weight is 282 g/mol. The van der Waals surface area contributed by atoms with Gasteiger partial charge in [-0.1, -0.05) is 22.6 Å². The van der Waals surface area contributed by atoms with Crippen LogP contribution < -0.4 is 5.32 Å². The summed E-state index contributed by atoms with van der Waals surface area (Å²) in [7, 11) is 0. The summed E-state index contributed by atoms with van der Waals surface area (Å²) in [6.45, 7) is 3.49. The van der Waals surface area contributed by atoms with Gasteiger partial charge in [-0.05, 0) is 12.8 Å². The Morgan fingerprint density at radius 2 is 2.17 bits per heavy atom. The van der Waals surface area contributed by atoms with Crippen molar-refractivity contribution < 1.29 is 4.79 Å². The standard InChI is InChI=1S/C8H15IN2O/c1-7(12)11-4-2-8(3-5-11)10-6-9/h8,10H,2-6H2,1H3. The number of halogens is 1. The monoisotopic (exact) mass is 282 g/mol. The molecule has 1 amide bonds. The molecule has 0 aromatic heterocycles. The Morgan fingerprint density at radius 1 is 1.58 bits per heavy atom. The number of nitrogens with zero attached hydrogens (tertiary/aromatic N) is 1. The van der Waals surface area contributed by atoms with Crippen LogP contribution >= 0.6 is 22.6 Å². The van der Waals surface area contributed by atoms with E-state index in [0.717, 1.165) is 30.5 Å². The van der Waals surface area contributed by atoms with Crippen LogP contribution in [-0.2, 0) is 4.79 Å². The van der Waals surface area contributed by atoms with E-state index in [-0.39, 0.29) is 5.91 Å². The van der Waals surface area contributed by atoms with E-state index < -0.39 is 0 Å². The summed E-state index contributed by atoms with van der Waals surface area (Å²) >= 11 is 2.32. The summed E-state index contributed by atoms with van der Waals surface area (Å²) in [4.78, 5) is 12.9. The van der Waals surface area contributed by atoms with E-state index in [1.165, 1.54) is 0 Å². The highest BCUT2D eigenvalue weighted by molar-refractivity contribution is 14.1. The SMILES string of the molecule is CC(=O)N1CCC(NCI)CC1. The van der Waals surface area contributed by atoms with Crippen LogP contribution in [0.2, 0.25) is 0 Å². The van der Waals surface area contributed by atoms with Crippen molar-refractivity contribution in [3.8, 4) is 0 Å². The van der Waals surface area contributed by atoms with Crippen LogP contribution in [0.1, 0.15) is 19.8 Å². The minimum atomic E-state index is 0.211. The maximum Gasteiger partial charge on any atom is 0.219 e. The van der Waals surface area contributed by atoms with Crippen molar-refractivity contribution in [2.75, 3.05) is 17.6 Å². The third kappa shape index (κ3) is 2.90. The number of carbonyl (C=O) groups excluding carboxylic acids is 1. The predicted molar refractivity (Wildman–Crippen MR) is 57.3 cm³/mol. The van der Waals surface area contributed by atoms with E-state index >= 15 is 0 Å². The van der Waals surface area contributed by atoms with Crippen LogP contribution in [0, 0.1) is 0 Å². The first-order valence-corrected chi connectivity index (χ1v) is 5.81. The van der Waals surface area contributed by atoms with Gasteiger partial charge in [0.15, 0.2) is 0 Å². The van der Waals surface area contributed by atoms with Crippen LogP contribution in [0.4, 0.5) is 0 Å². The number of alkyl halides is 1. The Morgan fingerprint density at radius 3 is 2.58 bits per heavy atom. The predicted octanol–water partition coefficient (Wildman–Crippen LogP) is 0.979. The van der Waals surface area contributed by atoms with Gasteiger partial charge >= 0.3 is 0 Å². The molecule has 70 valence electrons. The number of carbonyl (C=O) groups is 1. The second kappa shape index (κ2) is 5.01. The molecule has 3 nitrogen and oxygen atoms in total. The normalized spacial score (nSPS) is 19.7. The molecule has 1 heterocycles. The summed E-state index contributed by atoms with van der Waals surface area (Å²) in [6.07, 6.45) is 2.20. The van der Waals surface area contributed by atoms with E-state index in [9.17, 15) is 4.79 Å². The highest BCUT2D eigenvalue weighted by atomic mass is 127. The molecule has 12 heavy (non-hydrogen) atoms. The maximum atomic E-state index is 11.0. The average Bonchev–Trinajstić information content (AvgIpc) is 2.06. The fraction of sp³-hybridized carbons (Fsp3) is 0.875. The second-order valence-corrected chi connectivity index (χ2v) is 3.88. The number of piperidine rings is 1. The fourth-order valence-corrected chi connectivity index (χ4v) is 2.13. The summed E-state index contributed by atoms with van der Waals surface area (Å²) in [5.41, 5.74) is 0. The van der Waals surface area contributed by atoms with Gasteiger partial charge in [-0.3, -0.25) is 4.79 Å². The molecule has 0 aromatic rings. The van der Waals surface area contributed by atoms with Crippen molar-refractivity contribution in [1.29, 1.82) is 0 Å². The van der Waals surface area contributed by atoms with Crippen molar-refractivity contribution in [3.63, 3.8) is 0 Å². The van der Waals surface area contributed by atoms with Gasteiger partial charge in [0.2, 0.25) is 5.91 Å². The molecule has 1 saturated heterocycles. The minimum absolute atomic E-state index is 0.211. The summed E-state index contributed by atoms with van der Waals surface area (Å²) < 4.78 is 1.00. The number of nitrogens with one attached hydrogen (secondary N) is 1. The molecule has 1 rings (SSSR count). The molecule has 0 atom stereocenters. The van der Waals surface area contributed by atoms with E-state index in [4.69, 9.17) is 0 Å². The van der Waals surface area contributed by atoms with Crippen LogP contribution in [0.25, 0.3) is 0 Å². The lowest BCUT2D eigenvalue weighted by molar-refractivity contribution is -0.129. The summed E-state index contributed by atoms with van der Waals surface area (Å²) in [5, 5.41) is 3.39. The molecule has 1 fully saturated rings. The van der Waals surface area contributed by atoms with E-state index in [1.807, 2.05) is 4.90 Å². The molecule has 0 saturated carbocycles. The van der Waals surface area contributed by atoms with Gasteiger partial charge < -0.3 is 10.2 Å². The zero-order chi connectivity index (χ0) is 8.97. The Bertz CT molecular complexity index is 155. The largest absolute Gasteiger partial charge is 0.343 e. The Hall–Kier alpha value is 0.160. The van der Waals surface area contributed by atoms with E-state index in [0.29, 0.717) is 6.04 Å². The van der Waals surface area contributed by atoms with Crippen LogP contribution in [0.15, 0.2) is 0 Å². The van der Waals surface area contributed by atoms with Gasteiger partial charge in [0.1, 0.15) is 0 Å². The molecule has 1 N–H and O–H groups in total. The molecule has 1 aliphatic rings. The third-order valence-electron chi connectivity index (χ3n) is 2.31. The van der Waals surface area contributed by atoms with E-state index in [1.54, 1.807) is 6.92 Å². The highest BCUT2D eigenvalue weighted by Crippen LogP contribution is 2.10. The van der Waals surface area contributed by atoms with Crippen molar-refractivity contribution in [3.05, 3.63) is 0 Å². The van der Waals surface area contributed by atoms with Gasteiger partial charge in [-0.15, -0.1) is 0 Å². The summed E-state index contributed by atoms with van der Waals surface area (Å²) in [6, 6.07) is 0.623. The first-order valence-electron chi connectivity index (χ1n) is 4.29. The Balaban J connectivity index is 2.25. The summed E-state index contributed by atoms with van der Waals surface area (Å²) in [5.74, 6) is 0.211. The quantitative estimate of drug-likeness (QED) is 0.465. The molecular formula is C8H15IN2O. The smallest absolute Gasteiger partial charge is 0.219 e.